The summed E-state index contributed by atoms with van der Waals surface area (Å²) < 4.78 is 7.22. The van der Waals surface area contributed by atoms with Crippen molar-refractivity contribution in [2.45, 2.75) is 13.8 Å². The molecule has 122 valence electrons. The first-order valence-electron chi connectivity index (χ1n) is 7.57. The molecule has 0 fully saturated rings. The van der Waals surface area contributed by atoms with Gasteiger partial charge in [-0.05, 0) is 49.7 Å². The molecule has 0 aliphatic carbocycles. The number of hydrogen-bond donors (Lipinski definition) is 1. The number of anilines is 1. The van der Waals surface area contributed by atoms with Crippen LogP contribution < -0.4 is 10.1 Å². The van der Waals surface area contributed by atoms with Crippen LogP contribution in [0.25, 0.3) is 5.69 Å². The fourth-order valence-corrected chi connectivity index (χ4v) is 2.34. The summed E-state index contributed by atoms with van der Waals surface area (Å²) in [5.41, 5.74) is 3.75. The molecule has 0 unspecified atom stereocenters. The maximum Gasteiger partial charge on any atom is 0.262 e. The average molecular weight is 322 g/mol. The minimum Gasteiger partial charge on any atom is -0.483 e. The molecule has 0 radical (unpaired) electrons. The first-order chi connectivity index (χ1) is 11.6. The Labute approximate surface area is 140 Å². The smallest absolute Gasteiger partial charge is 0.262 e. The van der Waals surface area contributed by atoms with Crippen LogP contribution in [-0.2, 0) is 4.79 Å². The Balaban J connectivity index is 1.56. The quantitative estimate of drug-likeness (QED) is 0.784. The van der Waals surface area contributed by atoms with Crippen LogP contribution in [0.1, 0.15) is 11.1 Å². The first-order valence-corrected chi connectivity index (χ1v) is 7.57. The maximum absolute atomic E-state index is 12.0. The van der Waals surface area contributed by atoms with Gasteiger partial charge in [0.15, 0.2) is 6.61 Å². The molecule has 3 aromatic rings. The zero-order chi connectivity index (χ0) is 16.9. The molecule has 0 saturated heterocycles. The molecule has 0 bridgehead atoms. The predicted octanol–water partition coefficient (Wildman–Crippen LogP) is 2.90. The molecule has 0 aliphatic rings. The predicted molar refractivity (Wildman–Crippen MR) is 91.4 cm³/mol. The molecule has 1 amide bonds. The van der Waals surface area contributed by atoms with Crippen LogP contribution in [-0.4, -0.2) is 27.3 Å². The van der Waals surface area contributed by atoms with Gasteiger partial charge in [0.05, 0.1) is 5.69 Å². The number of benzene rings is 2. The van der Waals surface area contributed by atoms with E-state index in [1.54, 1.807) is 11.0 Å². The Morgan fingerprint density at radius 2 is 1.96 bits per heavy atom. The van der Waals surface area contributed by atoms with Crippen molar-refractivity contribution in [1.82, 2.24) is 14.8 Å². The number of rotatable bonds is 5. The molecule has 3 rings (SSSR count). The lowest BCUT2D eigenvalue weighted by Gasteiger charge is -2.10. The second kappa shape index (κ2) is 6.95. The zero-order valence-corrected chi connectivity index (χ0v) is 13.6. The summed E-state index contributed by atoms with van der Waals surface area (Å²) in [6.45, 7) is 3.95. The highest BCUT2D eigenvalue weighted by molar-refractivity contribution is 5.91. The minimum atomic E-state index is -0.205. The normalized spacial score (nSPS) is 10.4. The summed E-state index contributed by atoms with van der Waals surface area (Å²) in [7, 11) is 0. The van der Waals surface area contributed by atoms with Crippen molar-refractivity contribution in [1.29, 1.82) is 0 Å². The van der Waals surface area contributed by atoms with Gasteiger partial charge in [-0.2, -0.15) is 5.10 Å². The molecule has 1 aromatic heterocycles. The first kappa shape index (κ1) is 15.7. The molecule has 6 nitrogen and oxygen atoms in total. The second-order valence-electron chi connectivity index (χ2n) is 5.49. The molecule has 0 atom stereocenters. The number of hydrogen-bond acceptors (Lipinski definition) is 4. The van der Waals surface area contributed by atoms with E-state index in [1.807, 2.05) is 56.3 Å². The minimum absolute atomic E-state index is 0.0330. The van der Waals surface area contributed by atoms with Gasteiger partial charge in [-0.15, -0.1) is 0 Å². The Morgan fingerprint density at radius 3 is 2.62 bits per heavy atom. The fourth-order valence-electron chi connectivity index (χ4n) is 2.34. The van der Waals surface area contributed by atoms with Crippen LogP contribution >= 0.6 is 0 Å². The SMILES string of the molecule is Cc1ccc(OCC(=O)Nc2ccc(-n3cncn3)cc2)c(C)c1. The van der Waals surface area contributed by atoms with Gasteiger partial charge in [-0.3, -0.25) is 4.79 Å². The third kappa shape index (κ3) is 3.78. The van der Waals surface area contributed by atoms with Crippen molar-refractivity contribution < 1.29 is 9.53 Å². The molecule has 1 N–H and O–H groups in total. The average Bonchev–Trinajstić information content (AvgIpc) is 3.09. The monoisotopic (exact) mass is 322 g/mol. The number of aromatic nitrogens is 3. The van der Waals surface area contributed by atoms with E-state index < -0.39 is 0 Å². The van der Waals surface area contributed by atoms with E-state index in [9.17, 15) is 4.79 Å². The summed E-state index contributed by atoms with van der Waals surface area (Å²) in [5.74, 6) is 0.515. The molecule has 1 heterocycles. The van der Waals surface area contributed by atoms with E-state index in [2.05, 4.69) is 15.4 Å². The third-order valence-corrected chi connectivity index (χ3v) is 3.52. The van der Waals surface area contributed by atoms with Gasteiger partial charge in [0.25, 0.3) is 5.91 Å². The van der Waals surface area contributed by atoms with E-state index in [4.69, 9.17) is 4.74 Å². The van der Waals surface area contributed by atoms with E-state index in [0.717, 1.165) is 22.6 Å². The third-order valence-electron chi connectivity index (χ3n) is 3.52. The van der Waals surface area contributed by atoms with Crippen molar-refractivity contribution in [3.63, 3.8) is 0 Å². The zero-order valence-electron chi connectivity index (χ0n) is 13.6. The number of amides is 1. The van der Waals surface area contributed by atoms with Crippen molar-refractivity contribution in [3.05, 3.63) is 66.2 Å². The van der Waals surface area contributed by atoms with Gasteiger partial charge < -0.3 is 10.1 Å². The molecular weight excluding hydrogens is 304 g/mol. The highest BCUT2D eigenvalue weighted by Gasteiger charge is 2.06. The Kier molecular flexibility index (Phi) is 4.56. The maximum atomic E-state index is 12.0. The highest BCUT2D eigenvalue weighted by atomic mass is 16.5. The van der Waals surface area contributed by atoms with E-state index in [0.29, 0.717) is 5.69 Å². The summed E-state index contributed by atoms with van der Waals surface area (Å²) in [6, 6.07) is 13.2. The lowest BCUT2D eigenvalue weighted by atomic mass is 10.1. The number of aryl methyl sites for hydroxylation is 2. The van der Waals surface area contributed by atoms with Gasteiger partial charge in [-0.1, -0.05) is 17.7 Å². The van der Waals surface area contributed by atoms with Gasteiger partial charge in [0.1, 0.15) is 18.4 Å². The Bertz CT molecular complexity index is 827. The number of carbonyl (C=O) groups is 1. The topological polar surface area (TPSA) is 69.0 Å². The lowest BCUT2D eigenvalue weighted by molar-refractivity contribution is -0.118. The highest BCUT2D eigenvalue weighted by Crippen LogP contribution is 2.18. The number of nitrogens with one attached hydrogen (secondary N) is 1. The van der Waals surface area contributed by atoms with Crippen molar-refractivity contribution in [2.24, 2.45) is 0 Å². The van der Waals surface area contributed by atoms with Crippen LogP contribution in [0.5, 0.6) is 5.75 Å². The van der Waals surface area contributed by atoms with Crippen LogP contribution in [0.4, 0.5) is 5.69 Å². The van der Waals surface area contributed by atoms with Gasteiger partial charge in [0, 0.05) is 5.69 Å². The van der Waals surface area contributed by atoms with Crippen molar-refractivity contribution in [2.75, 3.05) is 11.9 Å². The second-order valence-corrected chi connectivity index (χ2v) is 5.49. The van der Waals surface area contributed by atoms with Crippen LogP contribution in [0, 0.1) is 13.8 Å². The standard InChI is InChI=1S/C18H18N4O2/c1-13-3-8-17(14(2)9-13)24-10-18(23)21-15-4-6-16(7-5-15)22-12-19-11-20-22/h3-9,11-12H,10H2,1-2H3,(H,21,23). The van der Waals surface area contributed by atoms with Crippen LogP contribution in [0.3, 0.4) is 0 Å². The van der Waals surface area contributed by atoms with Crippen LogP contribution in [0.2, 0.25) is 0 Å². The molecule has 0 aliphatic heterocycles. The van der Waals surface area contributed by atoms with Crippen molar-refractivity contribution >= 4 is 11.6 Å². The van der Waals surface area contributed by atoms with E-state index in [-0.39, 0.29) is 12.5 Å². The number of carbonyl (C=O) groups excluding carboxylic acids is 1. The van der Waals surface area contributed by atoms with E-state index >= 15 is 0 Å². The fraction of sp³-hybridized carbons (Fsp3) is 0.167. The summed E-state index contributed by atoms with van der Waals surface area (Å²) in [4.78, 5) is 15.9. The summed E-state index contributed by atoms with van der Waals surface area (Å²) in [5, 5.41) is 6.86. The molecule has 24 heavy (non-hydrogen) atoms. The Morgan fingerprint density at radius 1 is 1.17 bits per heavy atom. The van der Waals surface area contributed by atoms with Crippen LogP contribution in [0.15, 0.2) is 55.1 Å². The summed E-state index contributed by atoms with van der Waals surface area (Å²) in [6.07, 6.45) is 3.09. The molecule has 2 aromatic carbocycles. The van der Waals surface area contributed by atoms with Crippen molar-refractivity contribution in [3.8, 4) is 11.4 Å². The van der Waals surface area contributed by atoms with Gasteiger partial charge >= 0.3 is 0 Å². The molecular formula is C18H18N4O2. The van der Waals surface area contributed by atoms with E-state index in [1.165, 1.54) is 6.33 Å². The largest absolute Gasteiger partial charge is 0.483 e. The van der Waals surface area contributed by atoms with Gasteiger partial charge in [0.2, 0.25) is 0 Å². The van der Waals surface area contributed by atoms with Gasteiger partial charge in [-0.25, -0.2) is 9.67 Å². The summed E-state index contributed by atoms with van der Waals surface area (Å²) >= 11 is 0. The Hall–Kier alpha value is -3.15. The molecule has 0 saturated carbocycles. The molecule has 6 heteroatoms. The molecule has 0 spiro atoms. The number of ether oxygens (including phenoxy) is 1. The number of nitrogens with zero attached hydrogens (tertiary/aromatic N) is 3. The lowest BCUT2D eigenvalue weighted by Crippen LogP contribution is -2.20.